The molecule has 3 nitrogen and oxygen atoms in total. The molecule has 0 aliphatic heterocycles. The fourth-order valence-electron chi connectivity index (χ4n) is 8.81. The number of furan rings is 1. The van der Waals surface area contributed by atoms with E-state index in [-0.39, 0.29) is 11.5 Å². The van der Waals surface area contributed by atoms with Gasteiger partial charge < -0.3 is 13.9 Å². The molecule has 2 aromatic heterocycles. The number of para-hydroxylation sites is 3. The summed E-state index contributed by atoms with van der Waals surface area (Å²) >= 11 is 0. The Morgan fingerprint density at radius 3 is 2.38 bits per heavy atom. The second-order valence-electron chi connectivity index (χ2n) is 14.0. The number of allylic oxidation sites excluding steroid dienone is 3. The highest BCUT2D eigenvalue weighted by Gasteiger charge is 2.40. The predicted octanol–water partition coefficient (Wildman–Crippen LogP) is 11.4. The maximum atomic E-state index is 6.49. The van der Waals surface area contributed by atoms with E-state index >= 15 is 0 Å². The monoisotopic (exact) mass is 620 g/mol. The number of anilines is 1. The van der Waals surface area contributed by atoms with Gasteiger partial charge in [-0.15, -0.1) is 0 Å². The van der Waals surface area contributed by atoms with Crippen LogP contribution in [0.1, 0.15) is 49.1 Å². The summed E-state index contributed by atoms with van der Waals surface area (Å²) in [5.74, 6) is 0.994. The minimum absolute atomic E-state index is 0.00103. The average molecular weight is 621 g/mol. The molecule has 0 saturated carbocycles. The number of hydrogen-bond acceptors (Lipinski definition) is 2. The van der Waals surface area contributed by atoms with Crippen LogP contribution in [-0.4, -0.2) is 10.6 Å². The average Bonchev–Trinajstić information content (AvgIpc) is 3.74. The van der Waals surface area contributed by atoms with Gasteiger partial charge in [-0.3, -0.25) is 0 Å². The van der Waals surface area contributed by atoms with Gasteiger partial charge in [0.2, 0.25) is 0 Å². The Hall–Kier alpha value is -5.54. The van der Waals surface area contributed by atoms with Gasteiger partial charge in [-0.1, -0.05) is 111 Å². The van der Waals surface area contributed by atoms with Gasteiger partial charge in [-0.2, -0.15) is 0 Å². The normalized spacial score (nSPS) is 17.9. The van der Waals surface area contributed by atoms with E-state index < -0.39 is 0 Å². The molecule has 0 N–H and O–H groups in total. The zero-order valence-electron chi connectivity index (χ0n) is 27.3. The molecule has 0 saturated heterocycles. The Balaban J connectivity index is 1.19. The topological polar surface area (TPSA) is 21.3 Å². The van der Waals surface area contributed by atoms with Crippen molar-refractivity contribution >= 4 is 50.1 Å². The lowest BCUT2D eigenvalue weighted by atomic mass is 9.79. The summed E-state index contributed by atoms with van der Waals surface area (Å²) < 4.78 is 8.91. The first-order chi connectivity index (χ1) is 23.6. The summed E-state index contributed by atoms with van der Waals surface area (Å²) in [4.78, 5) is 2.61. The van der Waals surface area contributed by atoms with Crippen molar-refractivity contribution in [2.45, 2.75) is 44.6 Å². The summed E-state index contributed by atoms with van der Waals surface area (Å²) in [6.07, 6.45) is 10.2. The molecule has 0 amide bonds. The van der Waals surface area contributed by atoms with E-state index in [9.17, 15) is 0 Å². The van der Waals surface area contributed by atoms with E-state index in [0.717, 1.165) is 30.6 Å². The molecule has 2 heterocycles. The molecule has 10 rings (SSSR count). The van der Waals surface area contributed by atoms with E-state index in [1.807, 2.05) is 0 Å². The smallest absolute Gasteiger partial charge is 0.135 e. The second kappa shape index (κ2) is 10.2. The molecular formula is C45H36N2O. The third-order valence-corrected chi connectivity index (χ3v) is 11.0. The van der Waals surface area contributed by atoms with Gasteiger partial charge in [0.05, 0.1) is 17.1 Å². The molecule has 5 aromatic carbocycles. The Morgan fingerprint density at radius 2 is 1.48 bits per heavy atom. The SMILES string of the molecule is CC1(C)C2=CCC(N(C3=Cc4oc5ccccc5c4CC3)c3ccc4c5ccccc5n(-c5ccccc5)c4c3)C=C2c2ccccc21. The van der Waals surface area contributed by atoms with Crippen molar-refractivity contribution in [3.05, 3.63) is 167 Å². The summed E-state index contributed by atoms with van der Waals surface area (Å²) in [5.41, 5.74) is 14.1. The molecular weight excluding hydrogens is 585 g/mol. The lowest BCUT2D eigenvalue weighted by Crippen LogP contribution is -2.35. The predicted molar refractivity (Wildman–Crippen MR) is 200 cm³/mol. The highest BCUT2D eigenvalue weighted by molar-refractivity contribution is 6.10. The number of fused-ring (bicyclic) bond motifs is 9. The van der Waals surface area contributed by atoms with Crippen molar-refractivity contribution < 1.29 is 4.42 Å². The number of aryl methyl sites for hydroxylation is 1. The molecule has 3 aliphatic carbocycles. The van der Waals surface area contributed by atoms with Gasteiger partial charge in [-0.25, -0.2) is 0 Å². The van der Waals surface area contributed by atoms with Crippen molar-refractivity contribution in [3.63, 3.8) is 0 Å². The molecule has 48 heavy (non-hydrogen) atoms. The summed E-state index contributed by atoms with van der Waals surface area (Å²) in [7, 11) is 0. The lowest BCUT2D eigenvalue weighted by Gasteiger charge is -2.37. The minimum Gasteiger partial charge on any atom is -0.456 e. The molecule has 1 atom stereocenters. The number of aromatic nitrogens is 1. The van der Waals surface area contributed by atoms with E-state index in [0.29, 0.717) is 0 Å². The first-order valence-corrected chi connectivity index (χ1v) is 17.2. The molecule has 0 radical (unpaired) electrons. The van der Waals surface area contributed by atoms with Crippen molar-refractivity contribution in [2.24, 2.45) is 0 Å². The van der Waals surface area contributed by atoms with Crippen molar-refractivity contribution in [1.29, 1.82) is 0 Å². The Labute approximate surface area is 280 Å². The van der Waals surface area contributed by atoms with Crippen LogP contribution in [-0.2, 0) is 11.8 Å². The fourth-order valence-corrected chi connectivity index (χ4v) is 8.81. The molecule has 0 fully saturated rings. The number of nitrogens with zero attached hydrogens (tertiary/aromatic N) is 2. The van der Waals surface area contributed by atoms with Gasteiger partial charge in [-0.05, 0) is 77.9 Å². The molecule has 1 unspecified atom stereocenters. The maximum absolute atomic E-state index is 6.49. The van der Waals surface area contributed by atoms with Crippen LogP contribution < -0.4 is 4.90 Å². The Kier molecular flexibility index (Phi) is 5.87. The fraction of sp³-hybridized carbons (Fsp3) is 0.156. The molecule has 0 bridgehead atoms. The van der Waals surface area contributed by atoms with Gasteiger partial charge in [0.1, 0.15) is 11.3 Å². The lowest BCUT2D eigenvalue weighted by molar-refractivity contribution is 0.590. The van der Waals surface area contributed by atoms with E-state index in [1.165, 1.54) is 72.1 Å². The highest BCUT2D eigenvalue weighted by atomic mass is 16.3. The minimum atomic E-state index is 0.00103. The largest absolute Gasteiger partial charge is 0.456 e. The molecule has 0 spiro atoms. The van der Waals surface area contributed by atoms with Crippen molar-refractivity contribution in [2.75, 3.05) is 4.90 Å². The standard InChI is InChI=1S/C45H36N2O/c1-45(2)39-17-9-6-14-33(39)38-26-30(22-25-40(38)45)46(32-21-24-37-36-16-8-11-19-43(36)48-44(37)28-32)31-20-23-35-34-15-7-10-18-41(34)47(42(35)27-31)29-12-4-3-5-13-29/h3-20,23,25-28,30H,21-22,24H2,1-2H3. The summed E-state index contributed by atoms with van der Waals surface area (Å²) in [6, 6.07) is 44.2. The molecule has 7 aromatic rings. The van der Waals surface area contributed by atoms with Gasteiger partial charge in [0.15, 0.2) is 0 Å². The molecule has 232 valence electrons. The van der Waals surface area contributed by atoms with Crippen LogP contribution in [0.4, 0.5) is 5.69 Å². The number of benzene rings is 5. The third kappa shape index (κ3) is 3.94. The van der Waals surface area contributed by atoms with Crippen LogP contribution in [0.15, 0.2) is 149 Å². The van der Waals surface area contributed by atoms with Gasteiger partial charge >= 0.3 is 0 Å². The van der Waals surface area contributed by atoms with Crippen molar-refractivity contribution in [3.8, 4) is 5.69 Å². The number of rotatable bonds is 4. The Morgan fingerprint density at radius 1 is 0.729 bits per heavy atom. The first kappa shape index (κ1) is 27.6. The van der Waals surface area contributed by atoms with Crippen LogP contribution in [0.2, 0.25) is 0 Å². The van der Waals surface area contributed by atoms with Crippen LogP contribution in [0.3, 0.4) is 0 Å². The number of hydrogen-bond donors (Lipinski definition) is 0. The summed E-state index contributed by atoms with van der Waals surface area (Å²) in [6.45, 7) is 4.75. The summed E-state index contributed by atoms with van der Waals surface area (Å²) in [5, 5.41) is 3.78. The zero-order chi connectivity index (χ0) is 32.0. The van der Waals surface area contributed by atoms with Gasteiger partial charge in [0.25, 0.3) is 0 Å². The third-order valence-electron chi connectivity index (χ3n) is 11.0. The van der Waals surface area contributed by atoms with Crippen LogP contribution in [0.5, 0.6) is 0 Å². The molecule has 3 aliphatic rings. The maximum Gasteiger partial charge on any atom is 0.135 e. The van der Waals surface area contributed by atoms with Gasteiger partial charge in [0, 0.05) is 50.3 Å². The van der Waals surface area contributed by atoms with E-state index in [4.69, 9.17) is 4.42 Å². The second-order valence-corrected chi connectivity index (χ2v) is 14.0. The van der Waals surface area contributed by atoms with Crippen LogP contribution >= 0.6 is 0 Å². The van der Waals surface area contributed by atoms with Crippen LogP contribution in [0, 0.1) is 0 Å². The quantitative estimate of drug-likeness (QED) is 0.195. The van der Waals surface area contributed by atoms with Crippen LogP contribution in [0.25, 0.3) is 50.1 Å². The Bertz CT molecular complexity index is 2520. The highest BCUT2D eigenvalue weighted by Crippen LogP contribution is 2.52. The van der Waals surface area contributed by atoms with E-state index in [2.05, 4.69) is 163 Å². The molecule has 3 heteroatoms. The van der Waals surface area contributed by atoms with Crippen molar-refractivity contribution in [1.82, 2.24) is 4.57 Å². The first-order valence-electron chi connectivity index (χ1n) is 17.2. The zero-order valence-corrected chi connectivity index (χ0v) is 27.3. The van der Waals surface area contributed by atoms with E-state index in [1.54, 1.807) is 0 Å².